The SMILES string of the molecule is CC1=CC2OC2(C=O)C=C1. The van der Waals surface area contributed by atoms with Gasteiger partial charge in [0, 0.05) is 0 Å². The number of hydrogen-bond acceptors (Lipinski definition) is 2. The number of carbonyl (C=O) groups is 1. The van der Waals surface area contributed by atoms with Crippen molar-refractivity contribution in [1.29, 1.82) is 0 Å². The zero-order valence-corrected chi connectivity index (χ0v) is 5.70. The Morgan fingerprint density at radius 2 is 2.60 bits per heavy atom. The fourth-order valence-electron chi connectivity index (χ4n) is 1.17. The van der Waals surface area contributed by atoms with Crippen LogP contribution in [0.5, 0.6) is 0 Å². The van der Waals surface area contributed by atoms with E-state index in [0.717, 1.165) is 6.29 Å². The maximum Gasteiger partial charge on any atom is 0.172 e. The quantitative estimate of drug-likeness (QED) is 0.395. The van der Waals surface area contributed by atoms with Crippen molar-refractivity contribution in [1.82, 2.24) is 0 Å². The molecule has 0 aromatic heterocycles. The Kier molecular flexibility index (Phi) is 0.926. The second-order valence-electron chi connectivity index (χ2n) is 2.75. The molecule has 2 nitrogen and oxygen atoms in total. The van der Waals surface area contributed by atoms with Gasteiger partial charge in [-0.15, -0.1) is 0 Å². The second kappa shape index (κ2) is 1.58. The number of epoxide rings is 1. The number of aldehydes is 1. The van der Waals surface area contributed by atoms with Gasteiger partial charge in [0.2, 0.25) is 0 Å². The van der Waals surface area contributed by atoms with E-state index in [1.807, 2.05) is 25.2 Å². The van der Waals surface area contributed by atoms with Crippen LogP contribution in [0.4, 0.5) is 0 Å². The van der Waals surface area contributed by atoms with Crippen molar-refractivity contribution in [3.05, 3.63) is 23.8 Å². The summed E-state index contributed by atoms with van der Waals surface area (Å²) < 4.78 is 5.15. The Balaban J connectivity index is 2.30. The third-order valence-corrected chi connectivity index (χ3v) is 1.92. The maximum absolute atomic E-state index is 10.4. The highest BCUT2D eigenvalue weighted by atomic mass is 16.6. The van der Waals surface area contributed by atoms with E-state index in [4.69, 9.17) is 4.74 Å². The van der Waals surface area contributed by atoms with Gasteiger partial charge >= 0.3 is 0 Å². The standard InChI is InChI=1S/C8H8O2/c1-6-2-3-8(5-9)7(4-6)10-8/h2-5,7H,1H3. The van der Waals surface area contributed by atoms with Crippen molar-refractivity contribution in [2.24, 2.45) is 0 Å². The van der Waals surface area contributed by atoms with E-state index in [1.165, 1.54) is 5.57 Å². The largest absolute Gasteiger partial charge is 0.349 e. The zero-order valence-electron chi connectivity index (χ0n) is 5.70. The van der Waals surface area contributed by atoms with Crippen molar-refractivity contribution in [2.75, 3.05) is 0 Å². The van der Waals surface area contributed by atoms with Crippen LogP contribution in [0.15, 0.2) is 23.8 Å². The first-order chi connectivity index (χ1) is 4.77. The van der Waals surface area contributed by atoms with Crippen LogP contribution in [0.3, 0.4) is 0 Å². The molecule has 2 aliphatic rings. The van der Waals surface area contributed by atoms with Gasteiger partial charge in [-0.3, -0.25) is 4.79 Å². The van der Waals surface area contributed by atoms with E-state index in [9.17, 15) is 4.79 Å². The highest BCUT2D eigenvalue weighted by molar-refractivity contribution is 5.74. The van der Waals surface area contributed by atoms with Crippen LogP contribution in [0.25, 0.3) is 0 Å². The zero-order chi connectivity index (χ0) is 7.19. The van der Waals surface area contributed by atoms with Gasteiger partial charge in [-0.25, -0.2) is 0 Å². The van der Waals surface area contributed by atoms with Crippen LogP contribution in [0, 0.1) is 0 Å². The smallest absolute Gasteiger partial charge is 0.172 e. The van der Waals surface area contributed by atoms with E-state index in [1.54, 1.807) is 0 Å². The number of hydrogen-bond donors (Lipinski definition) is 0. The first-order valence-electron chi connectivity index (χ1n) is 3.29. The topological polar surface area (TPSA) is 29.6 Å². The molecule has 1 saturated heterocycles. The van der Waals surface area contributed by atoms with Gasteiger partial charge in [-0.05, 0) is 19.1 Å². The molecule has 0 radical (unpaired) electrons. The summed E-state index contributed by atoms with van der Waals surface area (Å²) >= 11 is 0. The summed E-state index contributed by atoms with van der Waals surface area (Å²) in [6.07, 6.45) is 6.58. The molecule has 10 heavy (non-hydrogen) atoms. The lowest BCUT2D eigenvalue weighted by Crippen LogP contribution is -2.14. The lowest BCUT2D eigenvalue weighted by atomic mass is 9.99. The summed E-state index contributed by atoms with van der Waals surface area (Å²) in [6.45, 7) is 1.99. The van der Waals surface area contributed by atoms with Gasteiger partial charge in [-0.2, -0.15) is 0 Å². The van der Waals surface area contributed by atoms with E-state index in [-0.39, 0.29) is 6.10 Å². The minimum Gasteiger partial charge on any atom is -0.349 e. The van der Waals surface area contributed by atoms with Crippen LogP contribution in [-0.2, 0) is 9.53 Å². The number of fused-ring (bicyclic) bond motifs is 1. The van der Waals surface area contributed by atoms with Gasteiger partial charge in [0.15, 0.2) is 11.9 Å². The van der Waals surface area contributed by atoms with Crippen LogP contribution in [-0.4, -0.2) is 18.0 Å². The van der Waals surface area contributed by atoms with E-state index >= 15 is 0 Å². The Morgan fingerprint density at radius 1 is 1.80 bits per heavy atom. The molecule has 0 bridgehead atoms. The average molecular weight is 136 g/mol. The first-order valence-corrected chi connectivity index (χ1v) is 3.29. The second-order valence-corrected chi connectivity index (χ2v) is 2.75. The van der Waals surface area contributed by atoms with Crippen molar-refractivity contribution in [3.8, 4) is 0 Å². The van der Waals surface area contributed by atoms with E-state index < -0.39 is 5.60 Å². The lowest BCUT2D eigenvalue weighted by molar-refractivity contribution is -0.110. The monoisotopic (exact) mass is 136 g/mol. The molecule has 0 aromatic carbocycles. The van der Waals surface area contributed by atoms with Crippen molar-refractivity contribution in [2.45, 2.75) is 18.6 Å². The van der Waals surface area contributed by atoms with Crippen molar-refractivity contribution in [3.63, 3.8) is 0 Å². The van der Waals surface area contributed by atoms with E-state index in [0.29, 0.717) is 0 Å². The minimum absolute atomic E-state index is 0.0231. The molecule has 52 valence electrons. The predicted molar refractivity (Wildman–Crippen MR) is 36.6 cm³/mol. The van der Waals surface area contributed by atoms with Gasteiger partial charge in [-0.1, -0.05) is 11.6 Å². The molecule has 2 unspecified atom stereocenters. The summed E-state index contributed by atoms with van der Waals surface area (Å²) in [6, 6.07) is 0. The first kappa shape index (κ1) is 5.86. The fraction of sp³-hybridized carbons (Fsp3) is 0.375. The molecule has 2 atom stereocenters. The Labute approximate surface area is 59.2 Å². The molecule has 1 aliphatic heterocycles. The minimum atomic E-state index is -0.570. The fourth-order valence-corrected chi connectivity index (χ4v) is 1.17. The molecular formula is C8H8O2. The van der Waals surface area contributed by atoms with Crippen LogP contribution >= 0.6 is 0 Å². The molecule has 0 aromatic rings. The van der Waals surface area contributed by atoms with Gasteiger partial charge in [0.05, 0.1) is 0 Å². The molecule has 1 heterocycles. The molecule has 0 saturated carbocycles. The Bertz CT molecular complexity index is 240. The summed E-state index contributed by atoms with van der Waals surface area (Å²) in [7, 11) is 0. The van der Waals surface area contributed by atoms with Gasteiger partial charge in [0.1, 0.15) is 6.10 Å². The number of allylic oxidation sites excluding steroid dienone is 2. The van der Waals surface area contributed by atoms with Crippen LogP contribution in [0.1, 0.15) is 6.92 Å². The molecule has 0 N–H and O–H groups in total. The average Bonchev–Trinajstić information content (AvgIpc) is 2.62. The third-order valence-electron chi connectivity index (χ3n) is 1.92. The highest BCUT2D eigenvalue weighted by Crippen LogP contribution is 2.40. The molecule has 0 amide bonds. The Hall–Kier alpha value is -0.890. The summed E-state index contributed by atoms with van der Waals surface area (Å²) in [4.78, 5) is 10.4. The highest BCUT2D eigenvalue weighted by Gasteiger charge is 2.54. The molecule has 2 heteroatoms. The van der Waals surface area contributed by atoms with E-state index in [2.05, 4.69) is 0 Å². The molecule has 2 rings (SSSR count). The molecule has 0 spiro atoms. The summed E-state index contributed by atoms with van der Waals surface area (Å²) in [5, 5.41) is 0. The van der Waals surface area contributed by atoms with Crippen molar-refractivity contribution < 1.29 is 9.53 Å². The van der Waals surface area contributed by atoms with Gasteiger partial charge in [0.25, 0.3) is 0 Å². The van der Waals surface area contributed by atoms with Gasteiger partial charge < -0.3 is 4.74 Å². The third kappa shape index (κ3) is 0.596. The molecule has 1 fully saturated rings. The van der Waals surface area contributed by atoms with Crippen LogP contribution < -0.4 is 0 Å². The van der Waals surface area contributed by atoms with Crippen molar-refractivity contribution >= 4 is 6.29 Å². The van der Waals surface area contributed by atoms with Crippen LogP contribution in [0.2, 0.25) is 0 Å². The number of ether oxygens (including phenoxy) is 1. The summed E-state index contributed by atoms with van der Waals surface area (Å²) in [5.41, 5.74) is 0.597. The maximum atomic E-state index is 10.4. The molecular weight excluding hydrogens is 128 g/mol. The Morgan fingerprint density at radius 3 is 3.20 bits per heavy atom. The predicted octanol–water partition coefficient (Wildman–Crippen LogP) is 0.839. The molecule has 1 aliphatic carbocycles. The summed E-state index contributed by atoms with van der Waals surface area (Å²) in [5.74, 6) is 0. The lowest BCUT2D eigenvalue weighted by Gasteiger charge is -2.00. The number of rotatable bonds is 1. The number of carbonyl (C=O) groups excluding carboxylic acids is 1. The normalized spacial score (nSPS) is 42.1.